The van der Waals surface area contributed by atoms with Crippen molar-refractivity contribution in [2.75, 3.05) is 21.3 Å². The molecule has 110 valence electrons. The van der Waals surface area contributed by atoms with E-state index >= 15 is 0 Å². The van der Waals surface area contributed by atoms with Gasteiger partial charge in [-0.15, -0.1) is 0 Å². The van der Waals surface area contributed by atoms with Crippen LogP contribution in [0, 0.1) is 0 Å². The first-order valence-electron chi connectivity index (χ1n) is 6.41. The van der Waals surface area contributed by atoms with E-state index < -0.39 is 0 Å². The fraction of sp³-hybridized carbons (Fsp3) is 0.176. The van der Waals surface area contributed by atoms with Crippen molar-refractivity contribution in [1.29, 1.82) is 0 Å². The fourth-order valence-electron chi connectivity index (χ4n) is 1.95. The van der Waals surface area contributed by atoms with Crippen molar-refractivity contribution in [1.82, 2.24) is 0 Å². The number of hydrogen-bond donors (Lipinski definition) is 0. The van der Waals surface area contributed by atoms with Crippen molar-refractivity contribution in [3.8, 4) is 17.2 Å². The second-order valence-corrected chi connectivity index (χ2v) is 5.28. The lowest BCUT2D eigenvalue weighted by atomic mass is 10.1. The van der Waals surface area contributed by atoms with Crippen molar-refractivity contribution in [3.05, 3.63) is 52.0 Å². The molecule has 2 rings (SSSR count). The minimum absolute atomic E-state index is 0.759. The van der Waals surface area contributed by atoms with Gasteiger partial charge in [-0.2, -0.15) is 0 Å². The van der Waals surface area contributed by atoms with E-state index in [-0.39, 0.29) is 0 Å². The molecule has 2 aromatic carbocycles. The maximum absolute atomic E-state index is 5.36. The summed E-state index contributed by atoms with van der Waals surface area (Å²) in [5, 5.41) is 0. The first kappa shape index (κ1) is 15.4. The molecule has 2 aromatic rings. The molecule has 0 aliphatic rings. The Labute approximate surface area is 133 Å². The van der Waals surface area contributed by atoms with Crippen molar-refractivity contribution in [2.45, 2.75) is 0 Å². The lowest BCUT2D eigenvalue weighted by Gasteiger charge is -2.07. The van der Waals surface area contributed by atoms with E-state index in [1.54, 1.807) is 21.3 Å². The highest BCUT2D eigenvalue weighted by Gasteiger charge is 2.02. The number of halogens is 1. The normalized spacial score (nSPS) is 10.7. The SMILES string of the molecule is COc1cc(/C=C/c2cc(Br)ccc2OC)cc(OC)c1. The molecule has 0 aliphatic carbocycles. The smallest absolute Gasteiger partial charge is 0.126 e. The van der Waals surface area contributed by atoms with Crippen LogP contribution in [0.4, 0.5) is 0 Å². The second-order valence-electron chi connectivity index (χ2n) is 4.37. The third-order valence-corrected chi connectivity index (χ3v) is 3.51. The topological polar surface area (TPSA) is 27.7 Å². The largest absolute Gasteiger partial charge is 0.497 e. The van der Waals surface area contributed by atoms with Gasteiger partial charge in [0.15, 0.2) is 0 Å². The summed E-state index contributed by atoms with van der Waals surface area (Å²) in [4.78, 5) is 0. The van der Waals surface area contributed by atoms with E-state index in [2.05, 4.69) is 15.9 Å². The summed E-state index contributed by atoms with van der Waals surface area (Å²) < 4.78 is 16.9. The molecule has 4 heteroatoms. The minimum Gasteiger partial charge on any atom is -0.497 e. The van der Waals surface area contributed by atoms with Crippen molar-refractivity contribution < 1.29 is 14.2 Å². The predicted octanol–water partition coefficient (Wildman–Crippen LogP) is 4.65. The third-order valence-electron chi connectivity index (χ3n) is 3.02. The summed E-state index contributed by atoms with van der Waals surface area (Å²) in [6, 6.07) is 11.6. The molecule has 21 heavy (non-hydrogen) atoms. The average molecular weight is 349 g/mol. The molecule has 0 amide bonds. The number of ether oxygens (including phenoxy) is 3. The third kappa shape index (κ3) is 4.02. The van der Waals surface area contributed by atoms with Gasteiger partial charge in [-0.25, -0.2) is 0 Å². The first-order valence-corrected chi connectivity index (χ1v) is 7.20. The van der Waals surface area contributed by atoms with Gasteiger partial charge in [-0.05, 0) is 35.9 Å². The average Bonchev–Trinajstić information content (AvgIpc) is 2.52. The summed E-state index contributed by atoms with van der Waals surface area (Å²) in [5.41, 5.74) is 1.99. The van der Waals surface area contributed by atoms with E-state index in [0.717, 1.165) is 32.8 Å². The zero-order chi connectivity index (χ0) is 15.2. The quantitative estimate of drug-likeness (QED) is 0.736. The van der Waals surface area contributed by atoms with E-state index in [1.165, 1.54) is 0 Å². The molecular weight excluding hydrogens is 332 g/mol. The van der Waals surface area contributed by atoms with E-state index in [4.69, 9.17) is 14.2 Å². The minimum atomic E-state index is 0.759. The van der Waals surface area contributed by atoms with Crippen LogP contribution >= 0.6 is 15.9 Å². The monoisotopic (exact) mass is 348 g/mol. The molecule has 3 nitrogen and oxygen atoms in total. The Morgan fingerprint density at radius 3 is 2.05 bits per heavy atom. The Kier molecular flexibility index (Phi) is 5.28. The van der Waals surface area contributed by atoms with Crippen molar-refractivity contribution >= 4 is 28.1 Å². The molecule has 0 saturated heterocycles. The van der Waals surface area contributed by atoms with Gasteiger partial charge >= 0.3 is 0 Å². The van der Waals surface area contributed by atoms with Crippen LogP contribution < -0.4 is 14.2 Å². The zero-order valence-electron chi connectivity index (χ0n) is 12.2. The van der Waals surface area contributed by atoms with Crippen molar-refractivity contribution in [3.63, 3.8) is 0 Å². The summed E-state index contributed by atoms with van der Waals surface area (Å²) >= 11 is 3.47. The van der Waals surface area contributed by atoms with Crippen LogP contribution in [0.15, 0.2) is 40.9 Å². The Hall–Kier alpha value is -1.94. The summed E-state index contributed by atoms with van der Waals surface area (Å²) in [5.74, 6) is 2.34. The van der Waals surface area contributed by atoms with Gasteiger partial charge in [-0.1, -0.05) is 28.1 Å². The van der Waals surface area contributed by atoms with Gasteiger partial charge in [-0.3, -0.25) is 0 Å². The lowest BCUT2D eigenvalue weighted by molar-refractivity contribution is 0.394. The van der Waals surface area contributed by atoms with Gasteiger partial charge in [0.1, 0.15) is 17.2 Å². The van der Waals surface area contributed by atoms with Crippen LogP contribution in [-0.2, 0) is 0 Å². The van der Waals surface area contributed by atoms with E-state index in [1.807, 2.05) is 48.6 Å². The Balaban J connectivity index is 2.35. The van der Waals surface area contributed by atoms with Crippen LogP contribution in [0.1, 0.15) is 11.1 Å². The van der Waals surface area contributed by atoms with Crippen molar-refractivity contribution in [2.24, 2.45) is 0 Å². The molecule has 0 aromatic heterocycles. The van der Waals surface area contributed by atoms with Crippen LogP contribution in [0.2, 0.25) is 0 Å². The molecule has 0 spiro atoms. The summed E-state index contributed by atoms with van der Waals surface area (Å²) in [6.45, 7) is 0. The molecule has 0 N–H and O–H groups in total. The Bertz CT molecular complexity index is 628. The van der Waals surface area contributed by atoms with Gasteiger partial charge < -0.3 is 14.2 Å². The van der Waals surface area contributed by atoms with Crippen LogP contribution in [-0.4, -0.2) is 21.3 Å². The van der Waals surface area contributed by atoms with Gasteiger partial charge in [0.05, 0.1) is 21.3 Å². The summed E-state index contributed by atoms with van der Waals surface area (Å²) in [6.07, 6.45) is 3.99. The molecule has 0 heterocycles. The van der Waals surface area contributed by atoms with Gasteiger partial charge in [0.2, 0.25) is 0 Å². The maximum atomic E-state index is 5.36. The molecule has 0 bridgehead atoms. The van der Waals surface area contributed by atoms with Crippen LogP contribution in [0.25, 0.3) is 12.2 Å². The molecule has 0 unspecified atom stereocenters. The molecule has 0 saturated carbocycles. The molecule has 0 fully saturated rings. The summed E-state index contributed by atoms with van der Waals surface area (Å²) in [7, 11) is 4.94. The van der Waals surface area contributed by atoms with E-state index in [0.29, 0.717) is 0 Å². The van der Waals surface area contributed by atoms with E-state index in [9.17, 15) is 0 Å². The zero-order valence-corrected chi connectivity index (χ0v) is 13.8. The highest BCUT2D eigenvalue weighted by molar-refractivity contribution is 9.10. The fourth-order valence-corrected chi connectivity index (χ4v) is 2.33. The lowest BCUT2D eigenvalue weighted by Crippen LogP contribution is -1.88. The number of rotatable bonds is 5. The van der Waals surface area contributed by atoms with Gasteiger partial charge in [0, 0.05) is 16.1 Å². The standard InChI is InChI=1S/C17H17BrO3/c1-19-15-8-12(9-16(11-15)20-2)4-5-13-10-14(18)6-7-17(13)21-3/h4-11H,1-3H3/b5-4+. The molecule has 0 atom stereocenters. The Morgan fingerprint density at radius 1 is 0.810 bits per heavy atom. The molecule has 0 radical (unpaired) electrons. The second kappa shape index (κ2) is 7.18. The molecule has 0 aliphatic heterocycles. The first-order chi connectivity index (χ1) is 10.2. The van der Waals surface area contributed by atoms with Gasteiger partial charge in [0.25, 0.3) is 0 Å². The number of methoxy groups -OCH3 is 3. The predicted molar refractivity (Wildman–Crippen MR) is 89.2 cm³/mol. The highest BCUT2D eigenvalue weighted by atomic mass is 79.9. The molecular formula is C17H17BrO3. The number of benzene rings is 2. The van der Waals surface area contributed by atoms with Crippen LogP contribution in [0.3, 0.4) is 0 Å². The Morgan fingerprint density at radius 2 is 1.48 bits per heavy atom. The highest BCUT2D eigenvalue weighted by Crippen LogP contribution is 2.27. The van der Waals surface area contributed by atoms with Crippen LogP contribution in [0.5, 0.6) is 17.2 Å². The number of hydrogen-bond acceptors (Lipinski definition) is 3. The maximum Gasteiger partial charge on any atom is 0.126 e.